The minimum Gasteiger partial charge on any atom is -0.294 e. The van der Waals surface area contributed by atoms with Crippen LogP contribution in [-0.2, 0) is 0 Å². The Balaban J connectivity index is 1.96. The van der Waals surface area contributed by atoms with Gasteiger partial charge in [0.2, 0.25) is 0 Å². The highest BCUT2D eigenvalue weighted by Crippen LogP contribution is 2.32. The van der Waals surface area contributed by atoms with E-state index in [2.05, 4.69) is 4.98 Å². The van der Waals surface area contributed by atoms with E-state index in [1.165, 1.54) is 32.1 Å². The Hall–Kier alpha value is -0.830. The summed E-state index contributed by atoms with van der Waals surface area (Å²) in [6.45, 7) is 1.57. The molecule has 0 saturated heterocycles. The fraction of sp³-hybridized carbons (Fsp3) is 0.538. The molecule has 1 saturated carbocycles. The van der Waals surface area contributed by atoms with Crippen molar-refractivity contribution in [2.45, 2.75) is 49.3 Å². The first-order valence-corrected chi connectivity index (χ1v) is 6.77. The molecule has 86 valence electrons. The van der Waals surface area contributed by atoms with Crippen LogP contribution in [0.4, 0.5) is 0 Å². The number of ketones is 1. The van der Waals surface area contributed by atoms with Gasteiger partial charge >= 0.3 is 0 Å². The number of rotatable bonds is 3. The van der Waals surface area contributed by atoms with Gasteiger partial charge in [0.25, 0.3) is 0 Å². The molecule has 2 rings (SSSR count). The Morgan fingerprint density at radius 3 is 2.62 bits per heavy atom. The second-order valence-electron chi connectivity index (χ2n) is 4.32. The van der Waals surface area contributed by atoms with E-state index in [-0.39, 0.29) is 5.78 Å². The van der Waals surface area contributed by atoms with Gasteiger partial charge in [0.15, 0.2) is 5.78 Å². The lowest BCUT2D eigenvalue weighted by atomic mass is 10.0. The fourth-order valence-electron chi connectivity index (χ4n) is 2.01. The summed E-state index contributed by atoms with van der Waals surface area (Å²) < 4.78 is 0. The summed E-state index contributed by atoms with van der Waals surface area (Å²) in [6.07, 6.45) is 8.38. The van der Waals surface area contributed by atoms with Crippen molar-refractivity contribution in [3.8, 4) is 0 Å². The van der Waals surface area contributed by atoms with Crippen LogP contribution in [-0.4, -0.2) is 16.0 Å². The summed E-state index contributed by atoms with van der Waals surface area (Å²) in [5, 5.41) is 1.78. The summed E-state index contributed by atoms with van der Waals surface area (Å²) >= 11 is 1.86. The van der Waals surface area contributed by atoms with Crippen molar-refractivity contribution in [2.24, 2.45) is 0 Å². The van der Waals surface area contributed by atoms with E-state index < -0.39 is 0 Å². The summed E-state index contributed by atoms with van der Waals surface area (Å²) in [5.74, 6) is 0.0849. The third kappa shape index (κ3) is 3.08. The maximum atomic E-state index is 11.1. The van der Waals surface area contributed by atoms with Gasteiger partial charge in [0.05, 0.1) is 5.03 Å². The van der Waals surface area contributed by atoms with Crippen LogP contribution in [0.5, 0.6) is 0 Å². The average molecular weight is 235 g/mol. The number of Topliss-reactive ketones (excluding diaryl/α,β-unsaturated/α-hetero) is 1. The smallest absolute Gasteiger partial charge is 0.161 e. The Morgan fingerprint density at radius 2 is 2.06 bits per heavy atom. The van der Waals surface area contributed by atoms with Gasteiger partial charge in [-0.3, -0.25) is 4.79 Å². The minimum absolute atomic E-state index is 0.0849. The first-order chi connectivity index (χ1) is 7.75. The highest BCUT2D eigenvalue weighted by molar-refractivity contribution is 7.99. The third-order valence-electron chi connectivity index (χ3n) is 2.98. The van der Waals surface area contributed by atoms with E-state index >= 15 is 0 Å². The third-order valence-corrected chi connectivity index (χ3v) is 4.27. The van der Waals surface area contributed by atoms with Crippen LogP contribution in [0.3, 0.4) is 0 Å². The molecule has 1 aliphatic carbocycles. The van der Waals surface area contributed by atoms with Gasteiger partial charge in [0.1, 0.15) is 0 Å². The summed E-state index contributed by atoms with van der Waals surface area (Å²) in [4.78, 5) is 15.4. The van der Waals surface area contributed by atoms with E-state index in [0.29, 0.717) is 5.56 Å². The number of hydrogen-bond donors (Lipinski definition) is 0. The maximum absolute atomic E-state index is 11.1. The molecule has 0 aliphatic heterocycles. The molecule has 16 heavy (non-hydrogen) atoms. The van der Waals surface area contributed by atoms with Crippen molar-refractivity contribution in [3.05, 3.63) is 23.9 Å². The molecular formula is C13H17NOS. The molecule has 3 heteroatoms. The van der Waals surface area contributed by atoms with E-state index in [0.717, 1.165) is 10.3 Å². The predicted octanol–water partition coefficient (Wildman–Crippen LogP) is 3.71. The second kappa shape index (κ2) is 5.48. The van der Waals surface area contributed by atoms with Gasteiger partial charge in [-0.1, -0.05) is 19.3 Å². The average Bonchev–Trinajstić information content (AvgIpc) is 2.31. The molecule has 1 aliphatic rings. The van der Waals surface area contributed by atoms with Gasteiger partial charge in [-0.15, -0.1) is 11.8 Å². The molecular weight excluding hydrogens is 218 g/mol. The Morgan fingerprint density at radius 1 is 1.31 bits per heavy atom. The molecule has 0 amide bonds. The number of pyridine rings is 1. The van der Waals surface area contributed by atoms with Crippen molar-refractivity contribution in [3.63, 3.8) is 0 Å². The Kier molecular flexibility index (Phi) is 3.99. The molecule has 0 N–H and O–H groups in total. The maximum Gasteiger partial charge on any atom is 0.161 e. The van der Waals surface area contributed by atoms with Crippen LogP contribution in [0, 0.1) is 0 Å². The van der Waals surface area contributed by atoms with Gasteiger partial charge in [-0.05, 0) is 31.9 Å². The van der Waals surface area contributed by atoms with Crippen molar-refractivity contribution in [2.75, 3.05) is 0 Å². The molecule has 1 aromatic rings. The first-order valence-electron chi connectivity index (χ1n) is 5.89. The second-order valence-corrected chi connectivity index (χ2v) is 5.64. The Labute approximate surface area is 101 Å². The molecule has 1 heterocycles. The number of carbonyl (C=O) groups is 1. The van der Waals surface area contributed by atoms with Gasteiger partial charge in [0, 0.05) is 17.0 Å². The SMILES string of the molecule is CC(=O)c1ccc(SC2CCCCC2)nc1. The zero-order valence-corrected chi connectivity index (χ0v) is 10.4. The highest BCUT2D eigenvalue weighted by atomic mass is 32.2. The molecule has 1 fully saturated rings. The standard InChI is InChI=1S/C13H17NOS/c1-10(15)11-7-8-13(14-9-11)16-12-5-3-2-4-6-12/h7-9,12H,2-6H2,1H3. The lowest BCUT2D eigenvalue weighted by Crippen LogP contribution is -2.08. The van der Waals surface area contributed by atoms with Crippen molar-refractivity contribution in [1.29, 1.82) is 0 Å². The van der Waals surface area contributed by atoms with Crippen molar-refractivity contribution in [1.82, 2.24) is 4.98 Å². The van der Waals surface area contributed by atoms with Crippen LogP contribution in [0.1, 0.15) is 49.4 Å². The lowest BCUT2D eigenvalue weighted by molar-refractivity contribution is 0.101. The zero-order chi connectivity index (χ0) is 11.4. The van der Waals surface area contributed by atoms with Gasteiger partial charge in [-0.25, -0.2) is 4.98 Å². The minimum atomic E-state index is 0.0849. The van der Waals surface area contributed by atoms with Gasteiger partial charge in [-0.2, -0.15) is 0 Å². The topological polar surface area (TPSA) is 30.0 Å². The molecule has 0 spiro atoms. The van der Waals surface area contributed by atoms with E-state index in [9.17, 15) is 4.79 Å². The molecule has 0 unspecified atom stereocenters. The van der Waals surface area contributed by atoms with Crippen molar-refractivity contribution < 1.29 is 4.79 Å². The number of carbonyl (C=O) groups excluding carboxylic acids is 1. The van der Waals surface area contributed by atoms with Crippen LogP contribution in [0.15, 0.2) is 23.4 Å². The van der Waals surface area contributed by atoms with Gasteiger partial charge < -0.3 is 0 Å². The molecule has 0 atom stereocenters. The fourth-order valence-corrected chi connectivity index (χ4v) is 3.18. The number of aromatic nitrogens is 1. The van der Waals surface area contributed by atoms with E-state index in [1.807, 2.05) is 23.9 Å². The largest absolute Gasteiger partial charge is 0.294 e. The molecule has 2 nitrogen and oxygen atoms in total. The normalized spacial score (nSPS) is 17.3. The quantitative estimate of drug-likeness (QED) is 0.748. The summed E-state index contributed by atoms with van der Waals surface area (Å²) in [5.41, 5.74) is 0.702. The van der Waals surface area contributed by atoms with Crippen molar-refractivity contribution >= 4 is 17.5 Å². The molecule has 0 radical (unpaired) electrons. The monoisotopic (exact) mass is 235 g/mol. The van der Waals surface area contributed by atoms with E-state index in [4.69, 9.17) is 0 Å². The van der Waals surface area contributed by atoms with Crippen LogP contribution < -0.4 is 0 Å². The number of nitrogens with zero attached hydrogens (tertiary/aromatic N) is 1. The Bertz CT molecular complexity index is 355. The zero-order valence-electron chi connectivity index (χ0n) is 9.61. The lowest BCUT2D eigenvalue weighted by Gasteiger charge is -2.20. The number of thioether (sulfide) groups is 1. The summed E-state index contributed by atoms with van der Waals surface area (Å²) in [6, 6.07) is 3.84. The predicted molar refractivity (Wildman–Crippen MR) is 67.0 cm³/mol. The highest BCUT2D eigenvalue weighted by Gasteiger charge is 2.15. The number of hydrogen-bond acceptors (Lipinski definition) is 3. The van der Waals surface area contributed by atoms with Crippen LogP contribution in [0.2, 0.25) is 0 Å². The van der Waals surface area contributed by atoms with E-state index in [1.54, 1.807) is 13.1 Å². The van der Waals surface area contributed by atoms with Crippen LogP contribution in [0.25, 0.3) is 0 Å². The molecule has 1 aromatic heterocycles. The molecule has 0 bridgehead atoms. The first kappa shape index (κ1) is 11.6. The van der Waals surface area contributed by atoms with Crippen LogP contribution >= 0.6 is 11.8 Å². The summed E-state index contributed by atoms with van der Waals surface area (Å²) in [7, 11) is 0. The molecule has 0 aromatic carbocycles.